The SMILES string of the molecule is CNCCC(=O)NCCc1ccc(-c2csc(C)n2)cc1. The van der Waals surface area contributed by atoms with Gasteiger partial charge in [-0.15, -0.1) is 11.3 Å². The molecule has 0 aliphatic carbocycles. The van der Waals surface area contributed by atoms with Gasteiger partial charge in [-0.1, -0.05) is 24.3 Å². The third kappa shape index (κ3) is 4.95. The fraction of sp³-hybridized carbons (Fsp3) is 0.375. The number of aromatic nitrogens is 1. The molecule has 1 aromatic carbocycles. The molecule has 1 aromatic heterocycles. The van der Waals surface area contributed by atoms with Crippen molar-refractivity contribution in [3.8, 4) is 11.3 Å². The van der Waals surface area contributed by atoms with E-state index in [0.29, 0.717) is 19.5 Å². The van der Waals surface area contributed by atoms with Gasteiger partial charge >= 0.3 is 0 Å². The average Bonchev–Trinajstić information content (AvgIpc) is 2.92. The molecule has 21 heavy (non-hydrogen) atoms. The quantitative estimate of drug-likeness (QED) is 0.826. The number of hydrogen-bond donors (Lipinski definition) is 2. The molecule has 0 spiro atoms. The Morgan fingerprint density at radius 3 is 2.62 bits per heavy atom. The normalized spacial score (nSPS) is 10.6. The Hall–Kier alpha value is -1.72. The first-order chi connectivity index (χ1) is 10.2. The van der Waals surface area contributed by atoms with Crippen molar-refractivity contribution in [2.75, 3.05) is 20.1 Å². The maximum absolute atomic E-state index is 11.5. The summed E-state index contributed by atoms with van der Waals surface area (Å²) in [5, 5.41) is 9.05. The second kappa shape index (κ2) is 7.90. The topological polar surface area (TPSA) is 54.0 Å². The fourth-order valence-electron chi connectivity index (χ4n) is 2.01. The van der Waals surface area contributed by atoms with E-state index < -0.39 is 0 Å². The molecule has 2 N–H and O–H groups in total. The van der Waals surface area contributed by atoms with E-state index in [0.717, 1.165) is 22.7 Å². The molecule has 0 bridgehead atoms. The van der Waals surface area contributed by atoms with Crippen LogP contribution in [0.2, 0.25) is 0 Å². The van der Waals surface area contributed by atoms with Crippen molar-refractivity contribution in [1.29, 1.82) is 0 Å². The number of carbonyl (C=O) groups excluding carboxylic acids is 1. The molecule has 0 atom stereocenters. The van der Waals surface area contributed by atoms with Crippen LogP contribution in [0.15, 0.2) is 29.6 Å². The van der Waals surface area contributed by atoms with Crippen LogP contribution in [-0.4, -0.2) is 31.0 Å². The van der Waals surface area contributed by atoms with Crippen LogP contribution >= 0.6 is 11.3 Å². The zero-order valence-electron chi connectivity index (χ0n) is 12.5. The minimum absolute atomic E-state index is 0.0962. The number of hydrogen-bond acceptors (Lipinski definition) is 4. The van der Waals surface area contributed by atoms with Gasteiger partial charge < -0.3 is 10.6 Å². The molecule has 0 saturated heterocycles. The minimum Gasteiger partial charge on any atom is -0.356 e. The van der Waals surface area contributed by atoms with Gasteiger partial charge in [0, 0.05) is 30.5 Å². The molecule has 0 fully saturated rings. The molecule has 5 heteroatoms. The van der Waals surface area contributed by atoms with Crippen molar-refractivity contribution in [1.82, 2.24) is 15.6 Å². The van der Waals surface area contributed by atoms with Gasteiger partial charge in [0.25, 0.3) is 0 Å². The van der Waals surface area contributed by atoms with Gasteiger partial charge in [-0.05, 0) is 26.0 Å². The summed E-state index contributed by atoms with van der Waals surface area (Å²) < 4.78 is 0. The van der Waals surface area contributed by atoms with E-state index in [-0.39, 0.29) is 5.91 Å². The van der Waals surface area contributed by atoms with E-state index in [1.807, 2.05) is 14.0 Å². The van der Waals surface area contributed by atoms with Crippen LogP contribution in [0.1, 0.15) is 17.0 Å². The second-order valence-corrected chi connectivity index (χ2v) is 5.96. The van der Waals surface area contributed by atoms with E-state index >= 15 is 0 Å². The number of amides is 1. The second-order valence-electron chi connectivity index (χ2n) is 4.90. The highest BCUT2D eigenvalue weighted by atomic mass is 32.1. The highest BCUT2D eigenvalue weighted by molar-refractivity contribution is 7.09. The summed E-state index contributed by atoms with van der Waals surface area (Å²) in [6.07, 6.45) is 1.38. The highest BCUT2D eigenvalue weighted by Gasteiger charge is 2.03. The number of nitrogens with one attached hydrogen (secondary N) is 2. The van der Waals surface area contributed by atoms with Crippen LogP contribution < -0.4 is 10.6 Å². The van der Waals surface area contributed by atoms with E-state index in [2.05, 4.69) is 45.3 Å². The van der Waals surface area contributed by atoms with Crippen molar-refractivity contribution >= 4 is 17.2 Å². The molecule has 4 nitrogen and oxygen atoms in total. The number of nitrogens with zero attached hydrogens (tertiary/aromatic N) is 1. The zero-order chi connectivity index (χ0) is 15.1. The Kier molecular flexibility index (Phi) is 5.90. The minimum atomic E-state index is 0.0962. The summed E-state index contributed by atoms with van der Waals surface area (Å²) in [4.78, 5) is 16.0. The number of benzene rings is 1. The lowest BCUT2D eigenvalue weighted by Gasteiger charge is -2.06. The predicted octanol–water partition coefficient (Wildman–Crippen LogP) is 2.39. The molecule has 0 aliphatic heterocycles. The van der Waals surface area contributed by atoms with Crippen LogP contribution in [0.3, 0.4) is 0 Å². The number of carbonyl (C=O) groups is 1. The maximum Gasteiger partial charge on any atom is 0.221 e. The third-order valence-electron chi connectivity index (χ3n) is 3.21. The highest BCUT2D eigenvalue weighted by Crippen LogP contribution is 2.21. The van der Waals surface area contributed by atoms with E-state index in [1.165, 1.54) is 5.56 Å². The van der Waals surface area contributed by atoms with Crippen molar-refractivity contribution in [3.05, 3.63) is 40.2 Å². The first-order valence-corrected chi connectivity index (χ1v) is 8.00. The summed E-state index contributed by atoms with van der Waals surface area (Å²) >= 11 is 1.66. The van der Waals surface area contributed by atoms with E-state index in [4.69, 9.17) is 0 Å². The molecule has 112 valence electrons. The van der Waals surface area contributed by atoms with Crippen molar-refractivity contribution in [2.24, 2.45) is 0 Å². The molecular weight excluding hydrogens is 282 g/mol. The lowest BCUT2D eigenvalue weighted by Crippen LogP contribution is -2.28. The molecule has 1 amide bonds. The van der Waals surface area contributed by atoms with Gasteiger partial charge in [0.1, 0.15) is 0 Å². The summed E-state index contributed by atoms with van der Waals surface area (Å²) in [6.45, 7) is 3.41. The Balaban J connectivity index is 1.81. The average molecular weight is 303 g/mol. The van der Waals surface area contributed by atoms with E-state index in [9.17, 15) is 4.79 Å². The zero-order valence-corrected chi connectivity index (χ0v) is 13.3. The van der Waals surface area contributed by atoms with Crippen LogP contribution in [-0.2, 0) is 11.2 Å². The van der Waals surface area contributed by atoms with Gasteiger partial charge in [0.05, 0.1) is 10.7 Å². The summed E-state index contributed by atoms with van der Waals surface area (Å²) in [7, 11) is 1.85. The standard InChI is InChI=1S/C16H21N3OS/c1-12-19-15(11-21-12)14-5-3-13(4-6-14)7-10-18-16(20)8-9-17-2/h3-6,11,17H,7-10H2,1-2H3,(H,18,20). The molecule has 0 radical (unpaired) electrons. The number of aryl methyl sites for hydroxylation is 1. The Morgan fingerprint density at radius 2 is 2.00 bits per heavy atom. The predicted molar refractivity (Wildman–Crippen MR) is 87.5 cm³/mol. The monoisotopic (exact) mass is 303 g/mol. The Morgan fingerprint density at radius 1 is 1.24 bits per heavy atom. The first kappa shape index (κ1) is 15.7. The first-order valence-electron chi connectivity index (χ1n) is 7.12. The van der Waals surface area contributed by atoms with Crippen LogP contribution in [0, 0.1) is 6.92 Å². The number of thiazole rings is 1. The van der Waals surface area contributed by atoms with Gasteiger partial charge in [-0.2, -0.15) is 0 Å². The van der Waals surface area contributed by atoms with Gasteiger partial charge in [0.2, 0.25) is 5.91 Å². The lowest BCUT2D eigenvalue weighted by molar-refractivity contribution is -0.120. The third-order valence-corrected chi connectivity index (χ3v) is 3.98. The van der Waals surface area contributed by atoms with Gasteiger partial charge in [-0.25, -0.2) is 4.98 Å². The maximum atomic E-state index is 11.5. The molecular formula is C16H21N3OS. The molecule has 2 aromatic rings. The molecule has 0 saturated carbocycles. The number of rotatable bonds is 7. The lowest BCUT2D eigenvalue weighted by atomic mass is 10.1. The Bertz CT molecular complexity index is 577. The van der Waals surface area contributed by atoms with Crippen LogP contribution in [0.4, 0.5) is 0 Å². The molecule has 0 aliphatic rings. The van der Waals surface area contributed by atoms with Gasteiger partial charge in [0.15, 0.2) is 0 Å². The Labute approximate surface area is 129 Å². The van der Waals surface area contributed by atoms with Gasteiger partial charge in [-0.3, -0.25) is 4.79 Å². The van der Waals surface area contributed by atoms with Crippen molar-refractivity contribution in [2.45, 2.75) is 19.8 Å². The van der Waals surface area contributed by atoms with Crippen LogP contribution in [0.5, 0.6) is 0 Å². The molecule has 2 rings (SSSR count). The molecule has 0 unspecified atom stereocenters. The van der Waals surface area contributed by atoms with Crippen molar-refractivity contribution < 1.29 is 4.79 Å². The fourth-order valence-corrected chi connectivity index (χ4v) is 2.63. The smallest absolute Gasteiger partial charge is 0.221 e. The van der Waals surface area contributed by atoms with Crippen LogP contribution in [0.25, 0.3) is 11.3 Å². The largest absolute Gasteiger partial charge is 0.356 e. The summed E-state index contributed by atoms with van der Waals surface area (Å²) in [5.74, 6) is 0.0962. The van der Waals surface area contributed by atoms with E-state index in [1.54, 1.807) is 11.3 Å². The molecule has 1 heterocycles. The summed E-state index contributed by atoms with van der Waals surface area (Å²) in [5.41, 5.74) is 3.39. The summed E-state index contributed by atoms with van der Waals surface area (Å²) in [6, 6.07) is 8.38. The van der Waals surface area contributed by atoms with Crippen molar-refractivity contribution in [3.63, 3.8) is 0 Å².